The van der Waals surface area contributed by atoms with Crippen LogP contribution in [-0.4, -0.2) is 50.6 Å². The van der Waals surface area contributed by atoms with Crippen molar-refractivity contribution in [2.45, 2.75) is 12.6 Å². The molecule has 1 aromatic rings. The number of hydrogen-bond acceptors (Lipinski definition) is 6. The van der Waals surface area contributed by atoms with E-state index in [1.54, 1.807) is 0 Å². The number of rotatable bonds is 3. The Kier molecular flexibility index (Phi) is 4.19. The molecule has 0 radical (unpaired) electrons. The summed E-state index contributed by atoms with van der Waals surface area (Å²) in [6.07, 6.45) is -0.534. The van der Waals surface area contributed by atoms with Crippen molar-refractivity contribution in [3.05, 3.63) is 22.7 Å². The summed E-state index contributed by atoms with van der Waals surface area (Å²) < 4.78 is 20.8. The van der Waals surface area contributed by atoms with Gasteiger partial charge in [0, 0.05) is 19.6 Å². The van der Waals surface area contributed by atoms with Crippen LogP contribution in [0, 0.1) is 0 Å². The minimum absolute atomic E-state index is 0.195. The first-order chi connectivity index (χ1) is 10.2. The van der Waals surface area contributed by atoms with Gasteiger partial charge in [-0.3, -0.25) is 4.90 Å². The third-order valence-corrected chi connectivity index (χ3v) is 3.79. The molecule has 0 spiro atoms. The van der Waals surface area contributed by atoms with Crippen molar-refractivity contribution >= 4 is 17.6 Å². The molecule has 0 aromatic heterocycles. The Morgan fingerprint density at radius 1 is 1.48 bits per heavy atom. The van der Waals surface area contributed by atoms with Gasteiger partial charge in [-0.05, 0) is 17.7 Å². The summed E-state index contributed by atoms with van der Waals surface area (Å²) in [4.78, 5) is 13.7. The molecular weight excluding hydrogens is 298 g/mol. The summed E-state index contributed by atoms with van der Waals surface area (Å²) in [7, 11) is 1.36. The fourth-order valence-corrected chi connectivity index (χ4v) is 2.78. The first-order valence-electron chi connectivity index (χ1n) is 6.67. The molecule has 0 N–H and O–H groups in total. The number of benzene rings is 1. The molecule has 0 aliphatic carbocycles. The van der Waals surface area contributed by atoms with E-state index in [1.807, 2.05) is 12.1 Å². The van der Waals surface area contributed by atoms with Crippen LogP contribution in [0.4, 0.5) is 0 Å². The number of carbonyl (C=O) groups excluding carboxylic acids is 1. The Labute approximate surface area is 127 Å². The van der Waals surface area contributed by atoms with E-state index in [2.05, 4.69) is 4.90 Å². The van der Waals surface area contributed by atoms with Crippen LogP contribution in [0.3, 0.4) is 0 Å². The predicted octanol–water partition coefficient (Wildman–Crippen LogP) is 1.44. The van der Waals surface area contributed by atoms with Gasteiger partial charge >= 0.3 is 5.97 Å². The molecule has 0 saturated carbocycles. The largest absolute Gasteiger partial charge is 0.467 e. The van der Waals surface area contributed by atoms with Crippen LogP contribution in [-0.2, 0) is 20.8 Å². The molecule has 6 nitrogen and oxygen atoms in total. The Bertz CT molecular complexity index is 550. The molecule has 1 fully saturated rings. The lowest BCUT2D eigenvalue weighted by Crippen LogP contribution is -2.46. The Morgan fingerprint density at radius 3 is 3.14 bits per heavy atom. The maximum atomic E-state index is 11.5. The normalized spacial score (nSPS) is 21.3. The second-order valence-electron chi connectivity index (χ2n) is 4.93. The molecule has 1 aromatic carbocycles. The van der Waals surface area contributed by atoms with Gasteiger partial charge in [0.15, 0.2) is 17.6 Å². The van der Waals surface area contributed by atoms with E-state index in [4.69, 9.17) is 30.5 Å². The molecule has 3 rings (SSSR count). The Balaban J connectivity index is 1.69. The van der Waals surface area contributed by atoms with Gasteiger partial charge < -0.3 is 18.9 Å². The minimum Gasteiger partial charge on any atom is -0.467 e. The zero-order chi connectivity index (χ0) is 14.8. The molecule has 1 unspecified atom stereocenters. The van der Waals surface area contributed by atoms with E-state index in [0.29, 0.717) is 36.2 Å². The minimum atomic E-state index is -0.534. The van der Waals surface area contributed by atoms with Gasteiger partial charge in [-0.2, -0.15) is 0 Å². The average Bonchev–Trinajstić information content (AvgIpc) is 2.95. The number of methoxy groups -OCH3 is 1. The van der Waals surface area contributed by atoms with Crippen LogP contribution in [0.2, 0.25) is 5.02 Å². The number of esters is 1. The van der Waals surface area contributed by atoms with Crippen LogP contribution in [0.5, 0.6) is 11.5 Å². The molecule has 21 heavy (non-hydrogen) atoms. The quantitative estimate of drug-likeness (QED) is 0.787. The summed E-state index contributed by atoms with van der Waals surface area (Å²) in [6.45, 7) is 2.60. The fourth-order valence-electron chi connectivity index (χ4n) is 2.49. The topological polar surface area (TPSA) is 57.2 Å². The lowest BCUT2D eigenvalue weighted by Gasteiger charge is -2.31. The van der Waals surface area contributed by atoms with Gasteiger partial charge in [-0.15, -0.1) is 0 Å². The van der Waals surface area contributed by atoms with Crippen LogP contribution in [0.1, 0.15) is 5.56 Å². The average molecular weight is 314 g/mol. The van der Waals surface area contributed by atoms with Crippen LogP contribution < -0.4 is 9.47 Å². The maximum Gasteiger partial charge on any atom is 0.336 e. The summed E-state index contributed by atoms with van der Waals surface area (Å²) in [5.41, 5.74) is 1.01. The highest BCUT2D eigenvalue weighted by atomic mass is 35.5. The second kappa shape index (κ2) is 6.09. The SMILES string of the molecule is COC(=O)C1CN(Cc2cc(Cl)c3c(c2)OCO3)CCO1. The van der Waals surface area contributed by atoms with Crippen molar-refractivity contribution in [3.63, 3.8) is 0 Å². The molecule has 2 aliphatic rings. The number of morpholine rings is 1. The number of ether oxygens (including phenoxy) is 4. The smallest absolute Gasteiger partial charge is 0.336 e. The van der Waals surface area contributed by atoms with E-state index in [-0.39, 0.29) is 12.8 Å². The summed E-state index contributed by atoms with van der Waals surface area (Å²) >= 11 is 6.17. The number of halogens is 1. The lowest BCUT2D eigenvalue weighted by atomic mass is 10.1. The summed E-state index contributed by atoms with van der Waals surface area (Å²) in [5, 5.41) is 0.540. The van der Waals surface area contributed by atoms with Crippen molar-refractivity contribution < 1.29 is 23.7 Å². The Hall–Kier alpha value is -1.50. The number of fused-ring (bicyclic) bond motifs is 1. The van der Waals surface area contributed by atoms with Crippen LogP contribution in [0.15, 0.2) is 12.1 Å². The molecule has 1 saturated heterocycles. The number of nitrogens with zero attached hydrogens (tertiary/aromatic N) is 1. The van der Waals surface area contributed by atoms with E-state index in [1.165, 1.54) is 7.11 Å². The van der Waals surface area contributed by atoms with E-state index < -0.39 is 6.10 Å². The molecule has 7 heteroatoms. The van der Waals surface area contributed by atoms with E-state index in [9.17, 15) is 4.79 Å². The number of carbonyl (C=O) groups is 1. The Morgan fingerprint density at radius 2 is 2.33 bits per heavy atom. The van der Waals surface area contributed by atoms with Gasteiger partial charge in [-0.25, -0.2) is 4.79 Å². The molecule has 2 aliphatic heterocycles. The monoisotopic (exact) mass is 313 g/mol. The summed E-state index contributed by atoms with van der Waals surface area (Å²) in [6, 6.07) is 3.77. The molecule has 1 atom stereocenters. The van der Waals surface area contributed by atoms with Crippen molar-refractivity contribution in [3.8, 4) is 11.5 Å². The van der Waals surface area contributed by atoms with E-state index in [0.717, 1.165) is 12.1 Å². The van der Waals surface area contributed by atoms with Gasteiger partial charge in [-0.1, -0.05) is 11.6 Å². The van der Waals surface area contributed by atoms with Crippen molar-refractivity contribution in [2.75, 3.05) is 33.6 Å². The predicted molar refractivity (Wildman–Crippen MR) is 74.6 cm³/mol. The van der Waals surface area contributed by atoms with Gasteiger partial charge in [0.1, 0.15) is 0 Å². The highest BCUT2D eigenvalue weighted by Crippen LogP contribution is 2.40. The lowest BCUT2D eigenvalue weighted by molar-refractivity contribution is -0.160. The molecule has 2 heterocycles. The molecule has 0 bridgehead atoms. The molecular formula is C14H16ClNO5. The highest BCUT2D eigenvalue weighted by molar-refractivity contribution is 6.32. The first-order valence-corrected chi connectivity index (χ1v) is 7.05. The van der Waals surface area contributed by atoms with Crippen LogP contribution >= 0.6 is 11.6 Å². The van der Waals surface area contributed by atoms with Crippen LogP contribution in [0.25, 0.3) is 0 Å². The maximum absolute atomic E-state index is 11.5. The number of hydrogen-bond donors (Lipinski definition) is 0. The third kappa shape index (κ3) is 3.07. The molecule has 114 valence electrons. The highest BCUT2D eigenvalue weighted by Gasteiger charge is 2.28. The third-order valence-electron chi connectivity index (χ3n) is 3.51. The standard InChI is InChI=1S/C14H16ClNO5/c1-18-14(17)12-7-16(2-3-19-12)6-9-4-10(15)13-11(5-9)20-8-21-13/h4-5,12H,2-3,6-8H2,1H3. The second-order valence-corrected chi connectivity index (χ2v) is 5.34. The summed E-state index contributed by atoms with van der Waals surface area (Å²) in [5.74, 6) is 0.911. The first kappa shape index (κ1) is 14.4. The van der Waals surface area contributed by atoms with Crippen molar-refractivity contribution in [1.82, 2.24) is 4.90 Å². The zero-order valence-electron chi connectivity index (χ0n) is 11.6. The van der Waals surface area contributed by atoms with Crippen molar-refractivity contribution in [1.29, 1.82) is 0 Å². The van der Waals surface area contributed by atoms with Gasteiger partial charge in [0.05, 0.1) is 18.7 Å². The molecule has 0 amide bonds. The van der Waals surface area contributed by atoms with Crippen molar-refractivity contribution in [2.24, 2.45) is 0 Å². The van der Waals surface area contributed by atoms with Gasteiger partial charge in [0.2, 0.25) is 6.79 Å². The zero-order valence-corrected chi connectivity index (χ0v) is 12.4. The van der Waals surface area contributed by atoms with E-state index >= 15 is 0 Å². The fraction of sp³-hybridized carbons (Fsp3) is 0.500. The van der Waals surface area contributed by atoms with Gasteiger partial charge in [0.25, 0.3) is 0 Å².